The molecule has 5 heteroatoms. The van der Waals surface area contributed by atoms with Crippen LogP contribution in [0, 0.1) is 0 Å². The molecule has 0 aliphatic rings. The van der Waals surface area contributed by atoms with Gasteiger partial charge in [0, 0.05) is 16.7 Å². The lowest BCUT2D eigenvalue weighted by atomic mass is 10.2. The summed E-state index contributed by atoms with van der Waals surface area (Å²) in [7, 11) is 2.09. The molecule has 0 radical (unpaired) electrons. The Kier molecular flexibility index (Phi) is 3.94. The smallest absolute Gasteiger partial charge is 0.121 e. The standard InChI is InChI=1S/C16H17BrN4/c1-21(9-11-3-2-4-12(17)7-11)10-16-19-14-6-5-13(18)8-15(14)20-16/h2-8H,9-10,18H2,1H3,(H,19,20). The molecule has 0 amide bonds. The van der Waals surface area contributed by atoms with E-state index in [1.807, 2.05) is 24.3 Å². The molecule has 21 heavy (non-hydrogen) atoms. The third kappa shape index (κ3) is 3.43. The highest BCUT2D eigenvalue weighted by Gasteiger charge is 2.07. The molecule has 0 unspecified atom stereocenters. The Morgan fingerprint density at radius 2 is 2.05 bits per heavy atom. The van der Waals surface area contributed by atoms with Crippen LogP contribution in [0.3, 0.4) is 0 Å². The number of imidazole rings is 1. The lowest BCUT2D eigenvalue weighted by molar-refractivity contribution is 0.312. The molecule has 0 spiro atoms. The van der Waals surface area contributed by atoms with E-state index in [0.717, 1.165) is 40.1 Å². The molecule has 0 saturated heterocycles. The number of fused-ring (bicyclic) bond motifs is 1. The van der Waals surface area contributed by atoms with E-state index in [9.17, 15) is 0 Å². The number of nitrogens with zero attached hydrogens (tertiary/aromatic N) is 2. The number of nitrogen functional groups attached to an aromatic ring is 1. The van der Waals surface area contributed by atoms with Gasteiger partial charge in [-0.3, -0.25) is 4.90 Å². The van der Waals surface area contributed by atoms with E-state index in [4.69, 9.17) is 5.73 Å². The van der Waals surface area contributed by atoms with Crippen LogP contribution in [-0.2, 0) is 13.1 Å². The number of aromatic nitrogens is 2. The van der Waals surface area contributed by atoms with Gasteiger partial charge >= 0.3 is 0 Å². The van der Waals surface area contributed by atoms with E-state index < -0.39 is 0 Å². The number of aromatic amines is 1. The molecule has 0 aliphatic heterocycles. The van der Waals surface area contributed by atoms with Crippen molar-refractivity contribution in [3.05, 3.63) is 58.3 Å². The van der Waals surface area contributed by atoms with Crippen molar-refractivity contribution in [3.8, 4) is 0 Å². The Hall–Kier alpha value is -1.85. The number of rotatable bonds is 4. The van der Waals surface area contributed by atoms with Gasteiger partial charge in [0.1, 0.15) is 5.82 Å². The van der Waals surface area contributed by atoms with Gasteiger partial charge in [-0.25, -0.2) is 4.98 Å². The average molecular weight is 345 g/mol. The Morgan fingerprint density at radius 1 is 1.19 bits per heavy atom. The molecule has 0 fully saturated rings. The van der Waals surface area contributed by atoms with Crippen LogP contribution < -0.4 is 5.73 Å². The zero-order valence-corrected chi connectivity index (χ0v) is 13.4. The maximum absolute atomic E-state index is 5.79. The summed E-state index contributed by atoms with van der Waals surface area (Å²) in [5, 5.41) is 0. The Balaban J connectivity index is 1.72. The number of nitrogens with one attached hydrogen (secondary N) is 1. The first-order chi connectivity index (χ1) is 10.1. The minimum atomic E-state index is 0.750. The van der Waals surface area contributed by atoms with Gasteiger partial charge in [-0.05, 0) is 42.9 Å². The molecule has 0 saturated carbocycles. The van der Waals surface area contributed by atoms with Gasteiger partial charge in [0.15, 0.2) is 0 Å². The van der Waals surface area contributed by atoms with E-state index in [1.165, 1.54) is 5.56 Å². The van der Waals surface area contributed by atoms with Gasteiger partial charge in [0.05, 0.1) is 17.6 Å². The van der Waals surface area contributed by atoms with Crippen molar-refractivity contribution in [2.24, 2.45) is 0 Å². The fourth-order valence-electron chi connectivity index (χ4n) is 2.41. The number of H-pyrrole nitrogens is 1. The van der Waals surface area contributed by atoms with Crippen molar-refractivity contribution in [2.45, 2.75) is 13.1 Å². The van der Waals surface area contributed by atoms with Crippen molar-refractivity contribution >= 4 is 32.7 Å². The first-order valence-electron chi connectivity index (χ1n) is 6.77. The van der Waals surface area contributed by atoms with Crippen molar-refractivity contribution in [2.75, 3.05) is 12.8 Å². The summed E-state index contributed by atoms with van der Waals surface area (Å²) in [6.07, 6.45) is 0. The summed E-state index contributed by atoms with van der Waals surface area (Å²) in [5.41, 5.74) is 9.75. The van der Waals surface area contributed by atoms with Crippen molar-refractivity contribution in [3.63, 3.8) is 0 Å². The van der Waals surface area contributed by atoms with Crippen molar-refractivity contribution in [1.82, 2.24) is 14.9 Å². The van der Waals surface area contributed by atoms with Crippen LogP contribution in [0.1, 0.15) is 11.4 Å². The van der Waals surface area contributed by atoms with Gasteiger partial charge < -0.3 is 10.7 Å². The first-order valence-corrected chi connectivity index (χ1v) is 7.56. The van der Waals surface area contributed by atoms with E-state index in [0.29, 0.717) is 0 Å². The number of benzene rings is 2. The minimum absolute atomic E-state index is 0.750. The van der Waals surface area contributed by atoms with Gasteiger partial charge in [-0.1, -0.05) is 28.1 Å². The Morgan fingerprint density at radius 3 is 2.86 bits per heavy atom. The molecule has 0 atom stereocenters. The van der Waals surface area contributed by atoms with Crippen LogP contribution in [0.2, 0.25) is 0 Å². The predicted octanol–water partition coefficient (Wildman–Crippen LogP) is 3.54. The topological polar surface area (TPSA) is 57.9 Å². The summed E-state index contributed by atoms with van der Waals surface area (Å²) >= 11 is 3.50. The van der Waals surface area contributed by atoms with Crippen molar-refractivity contribution in [1.29, 1.82) is 0 Å². The highest BCUT2D eigenvalue weighted by molar-refractivity contribution is 9.10. The molecule has 2 aromatic carbocycles. The molecule has 3 rings (SSSR count). The molecule has 1 heterocycles. The molecule has 3 aromatic rings. The van der Waals surface area contributed by atoms with Gasteiger partial charge in [0.2, 0.25) is 0 Å². The summed E-state index contributed by atoms with van der Waals surface area (Å²) in [6, 6.07) is 14.1. The number of nitrogens with two attached hydrogens (primary N) is 1. The second-order valence-corrected chi connectivity index (χ2v) is 6.18. The zero-order valence-electron chi connectivity index (χ0n) is 11.8. The largest absolute Gasteiger partial charge is 0.399 e. The maximum Gasteiger partial charge on any atom is 0.121 e. The molecule has 0 aliphatic carbocycles. The van der Waals surface area contributed by atoms with E-state index in [1.54, 1.807) is 0 Å². The van der Waals surface area contributed by atoms with Crippen LogP contribution in [0.15, 0.2) is 46.9 Å². The summed E-state index contributed by atoms with van der Waals surface area (Å²) in [6.45, 7) is 1.64. The Labute approximate surface area is 132 Å². The molecular formula is C16H17BrN4. The summed E-state index contributed by atoms with van der Waals surface area (Å²) < 4.78 is 1.10. The zero-order chi connectivity index (χ0) is 14.8. The third-order valence-electron chi connectivity index (χ3n) is 3.32. The quantitative estimate of drug-likeness (QED) is 0.711. The molecular weight excluding hydrogens is 328 g/mol. The fourth-order valence-corrected chi connectivity index (χ4v) is 2.86. The lowest BCUT2D eigenvalue weighted by Crippen LogP contribution is -2.18. The minimum Gasteiger partial charge on any atom is -0.399 e. The molecule has 4 nitrogen and oxygen atoms in total. The lowest BCUT2D eigenvalue weighted by Gasteiger charge is -2.15. The van der Waals surface area contributed by atoms with Gasteiger partial charge in [0.25, 0.3) is 0 Å². The second kappa shape index (κ2) is 5.87. The van der Waals surface area contributed by atoms with E-state index >= 15 is 0 Å². The van der Waals surface area contributed by atoms with Crippen molar-refractivity contribution < 1.29 is 0 Å². The van der Waals surface area contributed by atoms with Crippen LogP contribution in [0.4, 0.5) is 5.69 Å². The molecule has 3 N–H and O–H groups in total. The summed E-state index contributed by atoms with van der Waals surface area (Å²) in [4.78, 5) is 10.1. The Bertz CT molecular complexity index is 766. The maximum atomic E-state index is 5.79. The fraction of sp³-hybridized carbons (Fsp3) is 0.188. The summed E-state index contributed by atoms with van der Waals surface area (Å²) in [5.74, 6) is 0.952. The number of hydrogen-bond donors (Lipinski definition) is 2. The van der Waals surface area contributed by atoms with Crippen LogP contribution in [0.25, 0.3) is 11.0 Å². The predicted molar refractivity (Wildman–Crippen MR) is 89.8 cm³/mol. The van der Waals surface area contributed by atoms with Gasteiger partial charge in [-0.15, -0.1) is 0 Å². The third-order valence-corrected chi connectivity index (χ3v) is 3.81. The average Bonchev–Trinajstić information content (AvgIpc) is 2.79. The SMILES string of the molecule is CN(Cc1cccc(Br)c1)Cc1nc2ccc(N)cc2[nH]1. The highest BCUT2D eigenvalue weighted by Crippen LogP contribution is 2.17. The van der Waals surface area contributed by atoms with Gasteiger partial charge in [-0.2, -0.15) is 0 Å². The van der Waals surface area contributed by atoms with Crippen LogP contribution in [0.5, 0.6) is 0 Å². The first kappa shape index (κ1) is 14.1. The number of halogens is 1. The molecule has 0 bridgehead atoms. The monoisotopic (exact) mass is 344 g/mol. The molecule has 1 aromatic heterocycles. The number of hydrogen-bond acceptors (Lipinski definition) is 3. The van der Waals surface area contributed by atoms with Crippen LogP contribution >= 0.6 is 15.9 Å². The molecule has 108 valence electrons. The van der Waals surface area contributed by atoms with Crippen LogP contribution in [-0.4, -0.2) is 21.9 Å². The van der Waals surface area contributed by atoms with E-state index in [2.05, 4.69) is 56.0 Å². The second-order valence-electron chi connectivity index (χ2n) is 5.26. The van der Waals surface area contributed by atoms with E-state index in [-0.39, 0.29) is 0 Å². The number of anilines is 1. The normalized spacial score (nSPS) is 11.4. The highest BCUT2D eigenvalue weighted by atomic mass is 79.9.